The van der Waals surface area contributed by atoms with Crippen molar-refractivity contribution in [3.05, 3.63) is 96.1 Å². The Bertz CT molecular complexity index is 1580. The third-order valence-electron chi connectivity index (χ3n) is 6.08. The van der Waals surface area contributed by atoms with Crippen LogP contribution in [0, 0.1) is 0 Å². The number of rotatable bonds is 10. The molecule has 0 saturated heterocycles. The molecule has 41 heavy (non-hydrogen) atoms. The van der Waals surface area contributed by atoms with Gasteiger partial charge in [-0.05, 0) is 33.7 Å². The summed E-state index contributed by atoms with van der Waals surface area (Å²) in [5, 5.41) is 16.1. The van der Waals surface area contributed by atoms with Crippen molar-refractivity contribution in [2.45, 2.75) is 40.0 Å². The normalized spacial score (nSPS) is 11.7. The van der Waals surface area contributed by atoms with Crippen LogP contribution in [0.3, 0.4) is 0 Å². The van der Waals surface area contributed by atoms with Crippen molar-refractivity contribution in [3.8, 4) is 0 Å². The molecule has 0 radical (unpaired) electrons. The maximum absolute atomic E-state index is 12.2. The molecule has 0 N–H and O–H groups in total. The van der Waals surface area contributed by atoms with E-state index in [1.165, 1.54) is 0 Å². The standard InChI is InChI=1S/C32H29N3O6/c1-4-27(36)39-33-30(25-17-15-21-11-7-9-13-23(21)19-25)32(35-41-29(38)6-3)31(34-40-28(37)5-2)26-18-16-22-12-8-10-14-24(22)20-26/h7-20H,4-6H2,1-3H3/b33-30+,34-31+. The Morgan fingerprint density at radius 1 is 0.512 bits per heavy atom. The molecule has 0 bridgehead atoms. The minimum atomic E-state index is -0.616. The first kappa shape index (κ1) is 28.8. The van der Waals surface area contributed by atoms with Crippen LogP contribution in [0.4, 0.5) is 0 Å². The van der Waals surface area contributed by atoms with Gasteiger partial charge in [0.15, 0.2) is 5.71 Å². The zero-order chi connectivity index (χ0) is 29.2. The van der Waals surface area contributed by atoms with Crippen LogP contribution in [0.1, 0.15) is 51.2 Å². The molecule has 0 aliphatic rings. The lowest BCUT2D eigenvalue weighted by Gasteiger charge is -2.13. The van der Waals surface area contributed by atoms with E-state index in [9.17, 15) is 14.4 Å². The molecule has 208 valence electrons. The van der Waals surface area contributed by atoms with E-state index in [1.807, 2.05) is 72.8 Å². The number of carbonyl (C=O) groups is 3. The Morgan fingerprint density at radius 3 is 1.27 bits per heavy atom. The van der Waals surface area contributed by atoms with Crippen LogP contribution in [-0.4, -0.2) is 35.0 Å². The Labute approximate surface area is 237 Å². The third-order valence-corrected chi connectivity index (χ3v) is 6.08. The van der Waals surface area contributed by atoms with Gasteiger partial charge in [-0.25, -0.2) is 14.4 Å². The highest BCUT2D eigenvalue weighted by atomic mass is 16.7. The van der Waals surface area contributed by atoms with Gasteiger partial charge >= 0.3 is 17.9 Å². The summed E-state index contributed by atoms with van der Waals surface area (Å²) in [7, 11) is 0. The summed E-state index contributed by atoms with van der Waals surface area (Å²) in [6.45, 7) is 4.90. The average molecular weight is 552 g/mol. The second-order valence-electron chi connectivity index (χ2n) is 8.89. The van der Waals surface area contributed by atoms with Crippen LogP contribution in [0.25, 0.3) is 21.5 Å². The van der Waals surface area contributed by atoms with Crippen molar-refractivity contribution in [2.24, 2.45) is 15.5 Å². The molecular formula is C32H29N3O6. The molecule has 0 atom stereocenters. The molecule has 0 unspecified atom stereocenters. The molecule has 4 aromatic rings. The Balaban J connectivity index is 1.98. The van der Waals surface area contributed by atoms with E-state index in [0.717, 1.165) is 21.5 Å². The topological polar surface area (TPSA) is 116 Å². The van der Waals surface area contributed by atoms with Gasteiger partial charge in [0.1, 0.15) is 11.4 Å². The second kappa shape index (κ2) is 13.7. The molecule has 0 saturated carbocycles. The molecular weight excluding hydrogens is 522 g/mol. The van der Waals surface area contributed by atoms with E-state index >= 15 is 0 Å². The van der Waals surface area contributed by atoms with Gasteiger partial charge in [0.25, 0.3) is 0 Å². The van der Waals surface area contributed by atoms with E-state index in [1.54, 1.807) is 32.9 Å². The van der Waals surface area contributed by atoms with E-state index < -0.39 is 17.9 Å². The number of nitrogens with zero attached hydrogens (tertiary/aromatic N) is 3. The van der Waals surface area contributed by atoms with Crippen LogP contribution in [0.5, 0.6) is 0 Å². The number of fused-ring (bicyclic) bond motifs is 2. The molecule has 9 nitrogen and oxygen atoms in total. The summed E-state index contributed by atoms with van der Waals surface area (Å²) in [6.07, 6.45) is 0.203. The van der Waals surface area contributed by atoms with Gasteiger partial charge in [-0.3, -0.25) is 0 Å². The summed E-state index contributed by atoms with van der Waals surface area (Å²) in [5.41, 5.74) is 0.996. The highest BCUT2D eigenvalue weighted by Crippen LogP contribution is 2.21. The Hall–Kier alpha value is -5.18. The molecule has 0 aliphatic carbocycles. The summed E-state index contributed by atoms with van der Waals surface area (Å²) in [6, 6.07) is 26.3. The second-order valence-corrected chi connectivity index (χ2v) is 8.89. The fourth-order valence-electron chi connectivity index (χ4n) is 3.82. The highest BCUT2D eigenvalue weighted by Gasteiger charge is 2.25. The largest absolute Gasteiger partial charge is 0.334 e. The third kappa shape index (κ3) is 7.27. The predicted molar refractivity (Wildman–Crippen MR) is 158 cm³/mol. The van der Waals surface area contributed by atoms with Crippen molar-refractivity contribution >= 4 is 56.6 Å². The molecule has 0 fully saturated rings. The van der Waals surface area contributed by atoms with Gasteiger partial charge in [-0.2, -0.15) is 0 Å². The summed E-state index contributed by atoms with van der Waals surface area (Å²) < 4.78 is 0. The van der Waals surface area contributed by atoms with Crippen LogP contribution >= 0.6 is 0 Å². The highest BCUT2D eigenvalue weighted by molar-refractivity contribution is 6.74. The molecule has 4 aromatic carbocycles. The van der Waals surface area contributed by atoms with E-state index in [2.05, 4.69) is 15.5 Å². The van der Waals surface area contributed by atoms with Crippen LogP contribution in [0.2, 0.25) is 0 Å². The minimum absolute atomic E-state index is 0.0425. The van der Waals surface area contributed by atoms with E-state index in [0.29, 0.717) is 11.1 Å². The lowest BCUT2D eigenvalue weighted by Crippen LogP contribution is -2.28. The number of hydrogen-bond donors (Lipinski definition) is 0. The fraction of sp³-hybridized carbons (Fsp3) is 0.188. The molecule has 4 rings (SSSR count). The number of hydrogen-bond acceptors (Lipinski definition) is 9. The van der Waals surface area contributed by atoms with Crippen LogP contribution < -0.4 is 0 Å². The van der Waals surface area contributed by atoms with E-state index in [4.69, 9.17) is 14.5 Å². The molecule has 9 heteroatoms. The molecule has 0 aliphatic heterocycles. The maximum atomic E-state index is 12.2. The molecule has 0 amide bonds. The molecule has 0 heterocycles. The fourth-order valence-corrected chi connectivity index (χ4v) is 3.82. The number of benzene rings is 4. The summed E-state index contributed by atoms with van der Waals surface area (Å²) in [4.78, 5) is 52.2. The minimum Gasteiger partial charge on any atom is -0.318 e. The predicted octanol–water partition coefficient (Wildman–Crippen LogP) is 6.32. The Kier molecular flexibility index (Phi) is 9.66. The quantitative estimate of drug-likeness (QED) is 0.129. The first-order valence-electron chi connectivity index (χ1n) is 13.3. The lowest BCUT2D eigenvalue weighted by molar-refractivity contribution is -0.144. The van der Waals surface area contributed by atoms with Gasteiger partial charge in [0, 0.05) is 30.4 Å². The SMILES string of the molecule is CCC(=O)ON=C(/C(=N/OC(=O)CC)c1ccc2ccccc2c1)/C(=N/OC(=O)CC)c1ccc2ccccc2c1. The van der Waals surface area contributed by atoms with Gasteiger partial charge in [0.2, 0.25) is 0 Å². The first-order chi connectivity index (χ1) is 19.9. The monoisotopic (exact) mass is 551 g/mol. The van der Waals surface area contributed by atoms with Crippen molar-refractivity contribution in [1.29, 1.82) is 0 Å². The zero-order valence-electron chi connectivity index (χ0n) is 23.0. The van der Waals surface area contributed by atoms with Gasteiger partial charge in [0.05, 0.1) is 0 Å². The number of carbonyl (C=O) groups excluding carboxylic acids is 3. The van der Waals surface area contributed by atoms with Gasteiger partial charge in [-0.1, -0.05) is 109 Å². The summed E-state index contributed by atoms with van der Waals surface area (Å²) in [5.74, 6) is -1.79. The molecule has 0 aromatic heterocycles. The van der Waals surface area contributed by atoms with Gasteiger partial charge < -0.3 is 14.5 Å². The lowest BCUT2D eigenvalue weighted by atomic mass is 9.95. The van der Waals surface area contributed by atoms with Crippen LogP contribution in [0.15, 0.2) is 100 Å². The van der Waals surface area contributed by atoms with Crippen molar-refractivity contribution in [2.75, 3.05) is 0 Å². The summed E-state index contributed by atoms with van der Waals surface area (Å²) >= 11 is 0. The smallest absolute Gasteiger partial charge is 0.318 e. The number of oxime groups is 3. The maximum Gasteiger partial charge on any atom is 0.334 e. The first-order valence-corrected chi connectivity index (χ1v) is 13.3. The van der Waals surface area contributed by atoms with Crippen molar-refractivity contribution < 1.29 is 28.9 Å². The van der Waals surface area contributed by atoms with Crippen molar-refractivity contribution in [1.82, 2.24) is 0 Å². The van der Waals surface area contributed by atoms with E-state index in [-0.39, 0.29) is 36.4 Å². The average Bonchev–Trinajstić information content (AvgIpc) is 3.02. The zero-order valence-corrected chi connectivity index (χ0v) is 23.0. The van der Waals surface area contributed by atoms with Crippen molar-refractivity contribution in [3.63, 3.8) is 0 Å². The van der Waals surface area contributed by atoms with Crippen LogP contribution in [-0.2, 0) is 28.9 Å². The Morgan fingerprint density at radius 2 is 0.878 bits per heavy atom. The molecule has 0 spiro atoms. The van der Waals surface area contributed by atoms with Gasteiger partial charge in [-0.15, -0.1) is 0 Å².